The number of ether oxygens (including phenoxy) is 6. The predicted molar refractivity (Wildman–Crippen MR) is 113 cm³/mol. The molecule has 0 spiro atoms. The summed E-state index contributed by atoms with van der Waals surface area (Å²) in [6.45, 7) is 5.43. The topological polar surface area (TPSA) is 128 Å². The molecule has 0 heterocycles. The Morgan fingerprint density at radius 3 is 1.84 bits per heavy atom. The normalized spacial score (nSPS) is 10.7. The molecule has 10 heteroatoms. The summed E-state index contributed by atoms with van der Waals surface area (Å²) in [5.74, 6) is 0.363. The monoisotopic (exact) mass is 442 g/mol. The predicted octanol–water partition coefficient (Wildman–Crippen LogP) is 0.270. The Labute approximate surface area is 183 Å². The minimum Gasteiger partial charge on any atom is -0.491 e. The van der Waals surface area contributed by atoms with Gasteiger partial charge in [0, 0.05) is 13.0 Å². The maximum atomic E-state index is 10.5. The number of amides is 2. The van der Waals surface area contributed by atoms with E-state index in [2.05, 4.69) is 5.32 Å². The van der Waals surface area contributed by atoms with Gasteiger partial charge in [0.2, 0.25) is 12.3 Å². The van der Waals surface area contributed by atoms with Gasteiger partial charge in [-0.05, 0) is 17.7 Å². The van der Waals surface area contributed by atoms with Crippen LogP contribution >= 0.6 is 0 Å². The van der Waals surface area contributed by atoms with Crippen LogP contribution in [0.5, 0.6) is 5.75 Å². The van der Waals surface area contributed by atoms with Crippen molar-refractivity contribution in [2.45, 2.75) is 13.0 Å². The fourth-order valence-corrected chi connectivity index (χ4v) is 2.28. The molecule has 0 fully saturated rings. The van der Waals surface area contributed by atoms with Crippen molar-refractivity contribution in [3.63, 3.8) is 0 Å². The average Bonchev–Trinajstić information content (AvgIpc) is 2.77. The highest BCUT2D eigenvalue weighted by Crippen LogP contribution is 2.12. The van der Waals surface area contributed by atoms with Crippen molar-refractivity contribution in [2.75, 3.05) is 72.7 Å². The van der Waals surface area contributed by atoms with Crippen LogP contribution in [0, 0.1) is 0 Å². The van der Waals surface area contributed by atoms with Gasteiger partial charge in [0.25, 0.3) is 0 Å². The Bertz CT molecular complexity index is 588. The SMILES string of the molecule is NC(=O)CCOCCOCCOCCOCCOCCOc1cccc(CNC=O)c1. The van der Waals surface area contributed by atoms with Gasteiger partial charge in [-0.3, -0.25) is 9.59 Å². The van der Waals surface area contributed by atoms with Crippen LogP contribution in [-0.4, -0.2) is 85.0 Å². The van der Waals surface area contributed by atoms with Crippen molar-refractivity contribution < 1.29 is 38.0 Å². The lowest BCUT2D eigenvalue weighted by atomic mass is 10.2. The van der Waals surface area contributed by atoms with E-state index in [9.17, 15) is 9.59 Å². The minimum absolute atomic E-state index is 0.221. The maximum Gasteiger partial charge on any atom is 0.219 e. The summed E-state index contributed by atoms with van der Waals surface area (Å²) in [6, 6.07) is 7.54. The van der Waals surface area contributed by atoms with E-state index in [0.717, 1.165) is 11.3 Å². The number of benzene rings is 1. The molecule has 0 radical (unpaired) electrons. The second-order valence-corrected chi connectivity index (χ2v) is 6.27. The minimum atomic E-state index is -0.374. The van der Waals surface area contributed by atoms with Gasteiger partial charge in [0.1, 0.15) is 12.4 Å². The molecule has 0 aromatic heterocycles. The van der Waals surface area contributed by atoms with E-state index in [1.807, 2.05) is 24.3 Å². The molecule has 31 heavy (non-hydrogen) atoms. The molecule has 0 unspecified atom stereocenters. The molecule has 3 N–H and O–H groups in total. The summed E-state index contributed by atoms with van der Waals surface area (Å²) in [7, 11) is 0. The van der Waals surface area contributed by atoms with Gasteiger partial charge in [-0.2, -0.15) is 0 Å². The first-order valence-electron chi connectivity index (χ1n) is 10.3. The number of nitrogens with one attached hydrogen (secondary N) is 1. The van der Waals surface area contributed by atoms with Gasteiger partial charge in [0.15, 0.2) is 0 Å². The van der Waals surface area contributed by atoms with Crippen molar-refractivity contribution in [2.24, 2.45) is 5.73 Å². The van der Waals surface area contributed by atoms with Gasteiger partial charge in [-0.1, -0.05) is 12.1 Å². The quantitative estimate of drug-likeness (QED) is 0.193. The molecule has 0 saturated heterocycles. The zero-order chi connectivity index (χ0) is 22.4. The summed E-state index contributed by atoms with van der Waals surface area (Å²) in [6.07, 6.45) is 0.888. The Hall–Kier alpha value is -2.24. The third kappa shape index (κ3) is 17.2. The first-order valence-corrected chi connectivity index (χ1v) is 10.3. The van der Waals surface area contributed by atoms with E-state index >= 15 is 0 Å². The van der Waals surface area contributed by atoms with Crippen LogP contribution in [0.15, 0.2) is 24.3 Å². The van der Waals surface area contributed by atoms with Gasteiger partial charge in [-0.15, -0.1) is 0 Å². The van der Waals surface area contributed by atoms with E-state index in [4.69, 9.17) is 34.2 Å². The summed E-state index contributed by atoms with van der Waals surface area (Å²) in [5.41, 5.74) is 5.97. The first kappa shape index (κ1) is 26.8. The molecule has 0 aliphatic heterocycles. The molecule has 2 amide bonds. The molecule has 0 aliphatic carbocycles. The molecule has 1 aromatic rings. The fourth-order valence-electron chi connectivity index (χ4n) is 2.28. The summed E-state index contributed by atoms with van der Waals surface area (Å²) < 4.78 is 32.4. The van der Waals surface area contributed by atoms with Crippen molar-refractivity contribution >= 4 is 12.3 Å². The lowest BCUT2D eigenvalue weighted by Gasteiger charge is -2.09. The van der Waals surface area contributed by atoms with Crippen LogP contribution in [0.2, 0.25) is 0 Å². The maximum absolute atomic E-state index is 10.5. The molecule has 0 atom stereocenters. The van der Waals surface area contributed by atoms with Crippen molar-refractivity contribution in [1.29, 1.82) is 0 Å². The highest BCUT2D eigenvalue weighted by Gasteiger charge is 1.98. The highest BCUT2D eigenvalue weighted by atomic mass is 16.6. The number of hydrogen-bond donors (Lipinski definition) is 2. The molecular weight excluding hydrogens is 408 g/mol. The molecule has 0 bridgehead atoms. The van der Waals surface area contributed by atoms with Crippen LogP contribution in [0.25, 0.3) is 0 Å². The van der Waals surface area contributed by atoms with Crippen LogP contribution in [0.4, 0.5) is 0 Å². The third-order valence-corrected chi connectivity index (χ3v) is 3.77. The summed E-state index contributed by atoms with van der Waals surface area (Å²) in [5, 5.41) is 2.61. The van der Waals surface area contributed by atoms with E-state index in [-0.39, 0.29) is 12.3 Å². The Morgan fingerprint density at radius 1 is 0.806 bits per heavy atom. The zero-order valence-electron chi connectivity index (χ0n) is 17.9. The number of carbonyl (C=O) groups is 2. The molecule has 1 rings (SSSR count). The second-order valence-electron chi connectivity index (χ2n) is 6.27. The van der Waals surface area contributed by atoms with E-state index < -0.39 is 0 Å². The number of hydrogen-bond acceptors (Lipinski definition) is 8. The van der Waals surface area contributed by atoms with E-state index in [0.29, 0.717) is 85.6 Å². The smallest absolute Gasteiger partial charge is 0.219 e. The largest absolute Gasteiger partial charge is 0.491 e. The van der Waals surface area contributed by atoms with Crippen LogP contribution < -0.4 is 15.8 Å². The van der Waals surface area contributed by atoms with Crippen molar-refractivity contribution in [3.8, 4) is 5.75 Å². The Kier molecular flexibility index (Phi) is 17.0. The number of carbonyl (C=O) groups excluding carboxylic acids is 2. The lowest BCUT2D eigenvalue weighted by Crippen LogP contribution is -2.16. The lowest BCUT2D eigenvalue weighted by molar-refractivity contribution is -0.119. The van der Waals surface area contributed by atoms with Crippen molar-refractivity contribution in [3.05, 3.63) is 29.8 Å². The van der Waals surface area contributed by atoms with Gasteiger partial charge in [0.05, 0.1) is 66.1 Å². The Morgan fingerprint density at radius 2 is 1.32 bits per heavy atom. The zero-order valence-corrected chi connectivity index (χ0v) is 17.9. The highest BCUT2D eigenvalue weighted by molar-refractivity contribution is 5.73. The van der Waals surface area contributed by atoms with Gasteiger partial charge >= 0.3 is 0 Å². The molecule has 176 valence electrons. The van der Waals surface area contributed by atoms with Crippen LogP contribution in [-0.2, 0) is 39.8 Å². The number of rotatable bonds is 22. The third-order valence-electron chi connectivity index (χ3n) is 3.77. The first-order chi connectivity index (χ1) is 15.2. The van der Waals surface area contributed by atoms with E-state index in [1.54, 1.807) is 0 Å². The van der Waals surface area contributed by atoms with Crippen molar-refractivity contribution in [1.82, 2.24) is 5.32 Å². The van der Waals surface area contributed by atoms with Gasteiger partial charge < -0.3 is 39.5 Å². The number of primary amides is 1. The second kappa shape index (κ2) is 19.7. The van der Waals surface area contributed by atoms with Gasteiger partial charge in [-0.25, -0.2) is 0 Å². The molecule has 0 aliphatic rings. The standard InChI is InChI=1S/C21H34N2O8/c22-21(25)4-5-26-6-7-27-8-9-28-10-11-29-12-13-30-14-15-31-20-3-1-2-19(16-20)17-23-18-24/h1-3,16,18H,4-15,17H2,(H2,22,25)(H,23,24). The molecule has 0 saturated carbocycles. The average molecular weight is 443 g/mol. The fraction of sp³-hybridized carbons (Fsp3) is 0.619. The van der Waals surface area contributed by atoms with Crippen LogP contribution in [0.1, 0.15) is 12.0 Å². The Balaban J connectivity index is 1.80. The van der Waals surface area contributed by atoms with E-state index in [1.165, 1.54) is 0 Å². The number of nitrogens with two attached hydrogens (primary N) is 1. The summed E-state index contributed by atoms with van der Waals surface area (Å²) in [4.78, 5) is 20.8. The molecular formula is C21H34N2O8. The summed E-state index contributed by atoms with van der Waals surface area (Å²) >= 11 is 0. The molecule has 1 aromatic carbocycles. The van der Waals surface area contributed by atoms with Crippen LogP contribution in [0.3, 0.4) is 0 Å². The molecule has 10 nitrogen and oxygen atoms in total.